The van der Waals surface area contributed by atoms with E-state index in [1.165, 1.54) is 11.3 Å². The van der Waals surface area contributed by atoms with Crippen LogP contribution in [0.4, 0.5) is 5.69 Å². The van der Waals surface area contributed by atoms with Crippen LogP contribution in [0.3, 0.4) is 0 Å². The molecule has 0 aliphatic heterocycles. The first-order valence-corrected chi connectivity index (χ1v) is 13.1. The molecule has 0 spiro atoms. The summed E-state index contributed by atoms with van der Waals surface area (Å²) in [4.78, 5) is 17.1. The van der Waals surface area contributed by atoms with Crippen LogP contribution < -0.4 is 34.6 Å². The summed E-state index contributed by atoms with van der Waals surface area (Å²) in [7, 11) is -1.64. The van der Waals surface area contributed by atoms with E-state index in [-0.39, 0.29) is 29.6 Å². The molecule has 4 aromatic rings. The molecule has 6 N–H and O–H groups in total. The van der Waals surface area contributed by atoms with Crippen LogP contribution in [0.5, 0.6) is 0 Å². The van der Waals surface area contributed by atoms with Gasteiger partial charge >= 0.3 is 18.9 Å². The number of aromatic nitrogens is 1. The Kier molecular flexibility index (Phi) is 9.99. The Morgan fingerprint density at radius 1 is 1.16 bits per heavy atom. The Morgan fingerprint density at radius 2 is 1.92 bits per heavy atom. The third-order valence-corrected chi connectivity index (χ3v) is 7.83. The van der Waals surface area contributed by atoms with Crippen LogP contribution in [-0.2, 0) is 34.8 Å². The number of benzene rings is 3. The van der Waals surface area contributed by atoms with E-state index >= 15 is 0 Å². The normalized spacial score (nSPS) is 12.9. The van der Waals surface area contributed by atoms with Crippen molar-refractivity contribution in [1.82, 2.24) is 9.71 Å². The molecule has 12 heteroatoms. The average Bonchev–Trinajstić information content (AvgIpc) is 3.32. The first-order chi connectivity index (χ1) is 17.3. The van der Waals surface area contributed by atoms with Crippen LogP contribution in [0.25, 0.3) is 16.0 Å². The second-order valence-electron chi connectivity index (χ2n) is 7.77. The summed E-state index contributed by atoms with van der Waals surface area (Å²) in [5, 5.41) is 11.1. The predicted octanol–water partition coefficient (Wildman–Crippen LogP) is 1.56. The molecule has 0 aliphatic rings. The van der Waals surface area contributed by atoms with E-state index in [0.29, 0.717) is 22.6 Å². The summed E-state index contributed by atoms with van der Waals surface area (Å²) in [5.41, 5.74) is 15.6. The molecular weight excluding hydrogens is 519 g/mol. The Labute approximate surface area is 238 Å². The Hall–Kier alpha value is -3.04. The van der Waals surface area contributed by atoms with Crippen molar-refractivity contribution in [3.8, 4) is 0 Å². The molecule has 1 heterocycles. The molecule has 4 rings (SSSR count). The maximum Gasteiger partial charge on any atom is 1.00 e. The Balaban J connectivity index is 0.00000380. The molecule has 37 heavy (non-hydrogen) atoms. The molecule has 2 unspecified atom stereocenters. The summed E-state index contributed by atoms with van der Waals surface area (Å²) in [6, 6.07) is 21.4. The number of carbonyl (C=O) groups is 1. The summed E-state index contributed by atoms with van der Waals surface area (Å²) in [6.07, 6.45) is 1.27. The van der Waals surface area contributed by atoms with Crippen LogP contribution in [0.2, 0.25) is 0 Å². The van der Waals surface area contributed by atoms with Gasteiger partial charge in [0, 0.05) is 11.3 Å². The van der Waals surface area contributed by atoms with E-state index in [9.17, 15) is 9.00 Å². The van der Waals surface area contributed by atoms with E-state index < -0.39 is 22.9 Å². The molecule has 2 atom stereocenters. The van der Waals surface area contributed by atoms with Gasteiger partial charge in [-0.15, -0.1) is 16.2 Å². The number of rotatable bonds is 9. The number of nitrogens with two attached hydrogens (primary N) is 1. The number of amidine groups is 1. The first kappa shape index (κ1) is 28.5. The zero-order chi connectivity index (χ0) is 25.7. The molecule has 3 aromatic carbocycles. The number of nitrogens with one attached hydrogen (secondary N) is 4. The number of amides is 1. The van der Waals surface area contributed by atoms with Gasteiger partial charge in [0.15, 0.2) is 0 Å². The van der Waals surface area contributed by atoms with Crippen LogP contribution in [-0.4, -0.2) is 20.9 Å². The fraction of sp³-hybridized carbons (Fsp3) is 0.0800. The standard InChI is InChI=1S/C25H24N6O2S3.Li/c26-14-21(34)24(32)29-17-7-4-8-18(13-17)36(33)31-20(12-15-5-3-6-16(11-15)23(27)28)25-30-19-9-1-2-10-22(19)35-25;/h1-11,13-14,20,31H,12H2,(H7,26,27,28,29,32,34);/q;+1/p-2. The summed E-state index contributed by atoms with van der Waals surface area (Å²) in [5.74, 6) is -0.597. The van der Waals surface area contributed by atoms with Gasteiger partial charge in [-0.1, -0.05) is 36.4 Å². The molecule has 1 amide bonds. The third-order valence-electron chi connectivity index (χ3n) is 5.20. The van der Waals surface area contributed by atoms with Crippen molar-refractivity contribution in [3.05, 3.63) is 106 Å². The van der Waals surface area contributed by atoms with Crippen molar-refractivity contribution in [2.75, 3.05) is 5.32 Å². The number of hydrogen-bond acceptors (Lipinski definition) is 6. The SMILES string of the molecule is N=C(N)c1cccc(CC(NS(=O)c2cccc(NC(=O)/C([S-])=C/[NH-])c2)c2nc3ccccc3s2)c1.[Li+]. The maximum absolute atomic E-state index is 13.4. The molecule has 0 saturated heterocycles. The molecular formula is C25H22LiN6O2S3-. The minimum absolute atomic E-state index is 0. The van der Waals surface area contributed by atoms with Gasteiger partial charge in [-0.05, 0) is 48.4 Å². The molecule has 0 bridgehead atoms. The van der Waals surface area contributed by atoms with Gasteiger partial charge in [-0.3, -0.25) is 10.2 Å². The van der Waals surface area contributed by atoms with E-state index in [2.05, 4.69) is 10.0 Å². The van der Waals surface area contributed by atoms with Crippen molar-refractivity contribution in [1.29, 1.82) is 5.41 Å². The summed E-state index contributed by atoms with van der Waals surface area (Å²) in [6.45, 7) is 0. The minimum Gasteiger partial charge on any atom is -0.776 e. The molecule has 0 fully saturated rings. The van der Waals surface area contributed by atoms with Gasteiger partial charge in [0.1, 0.15) is 21.8 Å². The zero-order valence-corrected chi connectivity index (χ0v) is 22.3. The van der Waals surface area contributed by atoms with Gasteiger partial charge in [0.05, 0.1) is 21.2 Å². The van der Waals surface area contributed by atoms with Crippen molar-refractivity contribution >= 4 is 62.6 Å². The second kappa shape index (κ2) is 13.0. The summed E-state index contributed by atoms with van der Waals surface area (Å²) < 4.78 is 17.6. The zero-order valence-electron chi connectivity index (χ0n) is 19.9. The Morgan fingerprint density at radius 3 is 2.65 bits per heavy atom. The van der Waals surface area contributed by atoms with Crippen molar-refractivity contribution in [2.45, 2.75) is 17.4 Å². The van der Waals surface area contributed by atoms with E-state index in [1.807, 2.05) is 42.5 Å². The van der Waals surface area contributed by atoms with Crippen molar-refractivity contribution in [2.24, 2.45) is 5.73 Å². The molecule has 0 saturated carbocycles. The van der Waals surface area contributed by atoms with Crippen LogP contribution in [0.1, 0.15) is 22.2 Å². The number of thiazole rings is 1. The number of fused-ring (bicyclic) bond motifs is 1. The number of carbonyl (C=O) groups excluding carboxylic acids is 1. The first-order valence-electron chi connectivity index (χ1n) is 10.8. The molecule has 0 radical (unpaired) electrons. The number of hydrogen-bond donors (Lipinski definition) is 4. The molecule has 8 nitrogen and oxygen atoms in total. The molecule has 0 aliphatic carbocycles. The topological polar surface area (TPSA) is 145 Å². The number of nitrogen functional groups attached to an aromatic ring is 1. The number of nitrogens with zero attached hydrogens (tertiary/aromatic N) is 1. The quantitative estimate of drug-likeness (QED) is 0.0836. The van der Waals surface area contributed by atoms with Crippen LogP contribution in [0.15, 0.2) is 88.8 Å². The van der Waals surface area contributed by atoms with Gasteiger partial charge in [0.25, 0.3) is 0 Å². The average molecular weight is 542 g/mol. The predicted molar refractivity (Wildman–Crippen MR) is 148 cm³/mol. The van der Waals surface area contributed by atoms with E-state index in [0.717, 1.165) is 27.0 Å². The van der Waals surface area contributed by atoms with E-state index in [1.54, 1.807) is 30.3 Å². The van der Waals surface area contributed by atoms with Gasteiger partial charge in [-0.25, -0.2) is 13.9 Å². The van der Waals surface area contributed by atoms with E-state index in [4.69, 9.17) is 34.5 Å². The van der Waals surface area contributed by atoms with Gasteiger partial charge < -0.3 is 29.4 Å². The minimum atomic E-state index is -1.64. The monoisotopic (exact) mass is 541 g/mol. The van der Waals surface area contributed by atoms with Crippen LogP contribution in [0, 0.1) is 5.41 Å². The fourth-order valence-corrected chi connectivity index (χ4v) is 5.63. The third kappa shape index (κ3) is 7.26. The van der Waals surface area contributed by atoms with Gasteiger partial charge in [0.2, 0.25) is 5.91 Å². The van der Waals surface area contributed by atoms with Crippen LogP contribution >= 0.6 is 11.3 Å². The second-order valence-corrected chi connectivity index (χ2v) is 10.5. The molecule has 1 aromatic heterocycles. The maximum atomic E-state index is 13.4. The molecule has 184 valence electrons. The van der Waals surface area contributed by atoms with Crippen molar-refractivity contribution in [3.63, 3.8) is 0 Å². The van der Waals surface area contributed by atoms with Crippen molar-refractivity contribution < 1.29 is 27.9 Å². The van der Waals surface area contributed by atoms with Gasteiger partial charge in [-0.2, -0.15) is 6.20 Å². The smallest absolute Gasteiger partial charge is 0.776 e. The summed E-state index contributed by atoms with van der Waals surface area (Å²) >= 11 is 6.35. The fourth-order valence-electron chi connectivity index (χ4n) is 3.46. The Bertz CT molecular complexity index is 1460. The number of anilines is 1. The number of para-hydroxylation sites is 1. The largest absolute Gasteiger partial charge is 1.00 e.